The summed E-state index contributed by atoms with van der Waals surface area (Å²) in [5.74, 6) is 5.38. The molecule has 1 amide bonds. The van der Waals surface area contributed by atoms with Gasteiger partial charge in [-0.1, -0.05) is 53.5 Å². The predicted octanol–water partition coefficient (Wildman–Crippen LogP) is 3.14. The van der Waals surface area contributed by atoms with E-state index in [0.717, 1.165) is 16.9 Å². The number of rotatable bonds is 6. The molecule has 1 N–H and O–H groups in total. The number of carbonyl (C=O) groups excluding carboxylic acids is 2. The molecule has 0 fully saturated rings. The molecule has 0 aliphatic rings. The third kappa shape index (κ3) is 5.75. The van der Waals surface area contributed by atoms with Gasteiger partial charge in [0.05, 0.1) is 9.80 Å². The SMILES string of the molecule is O=Cc1cc(C#CCCNC(=O)OCc2ccccc2)c([N+](=O)[O-])s1. The quantitative estimate of drug-likeness (QED) is 0.281. The minimum Gasteiger partial charge on any atom is -0.445 e. The second-order valence-electron chi connectivity index (χ2n) is 4.78. The summed E-state index contributed by atoms with van der Waals surface area (Å²) in [6.45, 7) is 0.424. The smallest absolute Gasteiger partial charge is 0.407 e. The van der Waals surface area contributed by atoms with Crippen LogP contribution in [0.2, 0.25) is 0 Å². The van der Waals surface area contributed by atoms with Crippen molar-refractivity contribution in [2.75, 3.05) is 6.54 Å². The summed E-state index contributed by atoms with van der Waals surface area (Å²) in [6.07, 6.45) is 0.284. The number of alkyl carbamates (subject to hydrolysis) is 1. The summed E-state index contributed by atoms with van der Waals surface area (Å²) >= 11 is 0.781. The first kappa shape index (κ1) is 18.2. The van der Waals surface area contributed by atoms with Crippen molar-refractivity contribution in [2.45, 2.75) is 13.0 Å². The number of aldehydes is 1. The van der Waals surface area contributed by atoms with E-state index in [4.69, 9.17) is 4.74 Å². The molecule has 7 nitrogen and oxygen atoms in total. The molecule has 0 radical (unpaired) electrons. The van der Waals surface area contributed by atoms with Gasteiger partial charge in [-0.05, 0) is 11.6 Å². The van der Waals surface area contributed by atoms with Gasteiger partial charge < -0.3 is 10.1 Å². The van der Waals surface area contributed by atoms with Gasteiger partial charge in [-0.3, -0.25) is 14.9 Å². The first-order valence-corrected chi connectivity index (χ1v) is 8.08. The Hall–Kier alpha value is -3.18. The zero-order chi connectivity index (χ0) is 18.1. The molecule has 0 aliphatic heterocycles. The number of nitrogens with one attached hydrogen (secondary N) is 1. The molecule has 0 aliphatic carbocycles. The molecule has 0 atom stereocenters. The van der Waals surface area contributed by atoms with E-state index in [-0.39, 0.29) is 28.6 Å². The summed E-state index contributed by atoms with van der Waals surface area (Å²) in [4.78, 5) is 32.8. The number of thiophene rings is 1. The van der Waals surface area contributed by atoms with Crippen molar-refractivity contribution in [1.29, 1.82) is 0 Å². The number of benzene rings is 1. The maximum absolute atomic E-state index is 11.5. The van der Waals surface area contributed by atoms with Gasteiger partial charge in [0.15, 0.2) is 6.29 Å². The zero-order valence-corrected chi connectivity index (χ0v) is 13.9. The molecule has 0 unspecified atom stereocenters. The van der Waals surface area contributed by atoms with E-state index in [1.165, 1.54) is 6.07 Å². The molecule has 0 spiro atoms. The highest BCUT2D eigenvalue weighted by atomic mass is 32.1. The average Bonchev–Trinajstić information content (AvgIpc) is 3.04. The Morgan fingerprint density at radius 2 is 2.12 bits per heavy atom. The molecule has 1 heterocycles. The molecule has 8 heteroatoms. The highest BCUT2D eigenvalue weighted by Gasteiger charge is 2.17. The highest BCUT2D eigenvalue weighted by Crippen LogP contribution is 2.28. The second-order valence-corrected chi connectivity index (χ2v) is 5.85. The minimum atomic E-state index is -0.569. The molecule has 0 saturated heterocycles. The largest absolute Gasteiger partial charge is 0.445 e. The number of hydrogen-bond acceptors (Lipinski definition) is 6. The highest BCUT2D eigenvalue weighted by molar-refractivity contribution is 7.17. The average molecular weight is 358 g/mol. The lowest BCUT2D eigenvalue weighted by atomic mass is 10.2. The van der Waals surface area contributed by atoms with Crippen LogP contribution in [0.15, 0.2) is 36.4 Å². The van der Waals surface area contributed by atoms with Crippen molar-refractivity contribution < 1.29 is 19.2 Å². The predicted molar refractivity (Wildman–Crippen MR) is 92.5 cm³/mol. The summed E-state index contributed by atoms with van der Waals surface area (Å²) in [6, 6.07) is 10.7. The molecule has 1 aromatic carbocycles. The van der Waals surface area contributed by atoms with E-state index in [0.29, 0.717) is 12.7 Å². The van der Waals surface area contributed by atoms with Crippen LogP contribution in [0.1, 0.15) is 27.2 Å². The third-order valence-corrected chi connectivity index (χ3v) is 3.98. The lowest BCUT2D eigenvalue weighted by Crippen LogP contribution is -2.24. The van der Waals surface area contributed by atoms with Gasteiger partial charge in [-0.2, -0.15) is 0 Å². The summed E-state index contributed by atoms with van der Waals surface area (Å²) in [5, 5.41) is 13.3. The van der Waals surface area contributed by atoms with Crippen molar-refractivity contribution in [1.82, 2.24) is 5.32 Å². The van der Waals surface area contributed by atoms with Crippen LogP contribution in [-0.4, -0.2) is 23.8 Å². The Bertz CT molecular complexity index is 821. The van der Waals surface area contributed by atoms with E-state index < -0.39 is 11.0 Å². The Balaban J connectivity index is 1.77. The molecule has 25 heavy (non-hydrogen) atoms. The molecule has 2 rings (SSSR count). The van der Waals surface area contributed by atoms with Crippen LogP contribution in [0.5, 0.6) is 0 Å². The molecule has 128 valence electrons. The second kappa shape index (κ2) is 9.20. The molecule has 0 saturated carbocycles. The first-order valence-electron chi connectivity index (χ1n) is 7.27. The monoisotopic (exact) mass is 358 g/mol. The van der Waals surface area contributed by atoms with E-state index in [9.17, 15) is 19.7 Å². The van der Waals surface area contributed by atoms with Crippen LogP contribution < -0.4 is 5.32 Å². The molecular weight excluding hydrogens is 344 g/mol. The zero-order valence-electron chi connectivity index (χ0n) is 13.1. The van der Waals surface area contributed by atoms with Crippen molar-refractivity contribution in [3.8, 4) is 11.8 Å². The topological polar surface area (TPSA) is 98.5 Å². The van der Waals surface area contributed by atoms with E-state index in [2.05, 4.69) is 17.2 Å². The van der Waals surface area contributed by atoms with Crippen LogP contribution in [0.3, 0.4) is 0 Å². The van der Waals surface area contributed by atoms with E-state index >= 15 is 0 Å². The van der Waals surface area contributed by atoms with Crippen molar-refractivity contribution >= 4 is 28.7 Å². The molecular formula is C17H14N2O5S. The third-order valence-electron chi connectivity index (χ3n) is 2.97. The number of nitro groups is 1. The van der Waals surface area contributed by atoms with E-state index in [1.807, 2.05) is 30.3 Å². The Labute approximate surface area is 147 Å². The van der Waals surface area contributed by atoms with Gasteiger partial charge in [0.2, 0.25) is 0 Å². The van der Waals surface area contributed by atoms with Crippen LogP contribution in [0, 0.1) is 22.0 Å². The number of amides is 1. The first-order chi connectivity index (χ1) is 12.1. The van der Waals surface area contributed by atoms with Crippen LogP contribution >= 0.6 is 11.3 Å². The number of carbonyl (C=O) groups is 2. The summed E-state index contributed by atoms with van der Waals surface area (Å²) in [7, 11) is 0. The van der Waals surface area contributed by atoms with Crippen molar-refractivity contribution in [3.63, 3.8) is 0 Å². The lowest BCUT2D eigenvalue weighted by molar-refractivity contribution is -0.380. The fourth-order valence-electron chi connectivity index (χ4n) is 1.84. The number of nitrogens with zero attached hydrogens (tertiary/aromatic N) is 1. The van der Waals surface area contributed by atoms with Gasteiger partial charge in [-0.15, -0.1) is 0 Å². The lowest BCUT2D eigenvalue weighted by Gasteiger charge is -2.05. The van der Waals surface area contributed by atoms with Gasteiger partial charge in [0.1, 0.15) is 12.2 Å². The maximum atomic E-state index is 11.5. The molecule has 2 aromatic rings. The minimum absolute atomic E-state index is 0.162. The van der Waals surface area contributed by atoms with Crippen molar-refractivity contribution in [2.24, 2.45) is 0 Å². The Morgan fingerprint density at radius 1 is 1.36 bits per heavy atom. The van der Waals surface area contributed by atoms with Crippen LogP contribution in [-0.2, 0) is 11.3 Å². The van der Waals surface area contributed by atoms with E-state index in [1.54, 1.807) is 0 Å². The fourth-order valence-corrected chi connectivity index (χ4v) is 2.58. The van der Waals surface area contributed by atoms with Gasteiger partial charge >= 0.3 is 11.1 Å². The molecule has 0 bridgehead atoms. The summed E-state index contributed by atoms with van der Waals surface area (Å²) < 4.78 is 5.04. The maximum Gasteiger partial charge on any atom is 0.407 e. The van der Waals surface area contributed by atoms with Gasteiger partial charge in [0.25, 0.3) is 0 Å². The standard InChI is InChI=1S/C17H14N2O5S/c20-11-15-10-14(16(25-15)19(22)23)8-4-5-9-18-17(21)24-12-13-6-2-1-3-7-13/h1-3,6-7,10-11H,5,9,12H2,(H,18,21). The van der Waals surface area contributed by atoms with Crippen LogP contribution in [0.25, 0.3) is 0 Å². The Kier molecular flexibility index (Phi) is 6.68. The fraction of sp³-hybridized carbons (Fsp3) is 0.176. The molecule has 1 aromatic heterocycles. The normalized spacial score (nSPS) is 9.60. The summed E-state index contributed by atoms with van der Waals surface area (Å²) in [5.41, 5.74) is 1.08. The van der Waals surface area contributed by atoms with Crippen LogP contribution in [0.4, 0.5) is 9.80 Å². The van der Waals surface area contributed by atoms with Gasteiger partial charge in [-0.25, -0.2) is 4.79 Å². The number of ether oxygens (including phenoxy) is 1. The Morgan fingerprint density at radius 3 is 2.80 bits per heavy atom. The van der Waals surface area contributed by atoms with Crippen molar-refractivity contribution in [3.05, 3.63) is 62.5 Å². The number of hydrogen-bond donors (Lipinski definition) is 1. The van der Waals surface area contributed by atoms with Gasteiger partial charge in [0, 0.05) is 13.0 Å².